The number of hydrogen-bond donors (Lipinski definition) is 3. The van der Waals surface area contributed by atoms with E-state index in [0.29, 0.717) is 63.8 Å². The minimum atomic E-state index is -0.346. The van der Waals surface area contributed by atoms with Crippen molar-refractivity contribution in [3.63, 3.8) is 0 Å². The Morgan fingerprint density at radius 2 is 1.73 bits per heavy atom. The summed E-state index contributed by atoms with van der Waals surface area (Å²) in [5, 5.41) is 6.04. The van der Waals surface area contributed by atoms with E-state index in [4.69, 9.17) is 21.1 Å². The van der Waals surface area contributed by atoms with E-state index in [9.17, 15) is 14.4 Å². The molecule has 0 saturated heterocycles. The number of H-pyrrole nitrogens is 1. The summed E-state index contributed by atoms with van der Waals surface area (Å²) in [6.07, 6.45) is 15.5. The lowest BCUT2D eigenvalue weighted by atomic mass is 9.85. The third-order valence-corrected chi connectivity index (χ3v) is 8.74. The second kappa shape index (κ2) is 20.5. The number of ether oxygens (including phenoxy) is 2. The van der Waals surface area contributed by atoms with Crippen LogP contribution in [0, 0.1) is 5.92 Å². The van der Waals surface area contributed by atoms with E-state index in [1.54, 1.807) is 30.8 Å². The topological polar surface area (TPSA) is 141 Å². The Morgan fingerprint density at radius 1 is 1.00 bits per heavy atom. The van der Waals surface area contributed by atoms with Crippen LogP contribution in [0.25, 0.3) is 12.2 Å². The van der Waals surface area contributed by atoms with Gasteiger partial charge in [0.15, 0.2) is 0 Å². The van der Waals surface area contributed by atoms with Gasteiger partial charge in [-0.05, 0) is 74.4 Å². The Kier molecular flexibility index (Phi) is 15.8. The first-order valence-corrected chi connectivity index (χ1v) is 17.7. The molecule has 1 saturated carbocycles. The molecule has 1 fully saturated rings. The van der Waals surface area contributed by atoms with Crippen molar-refractivity contribution in [1.82, 2.24) is 25.5 Å². The van der Waals surface area contributed by atoms with Crippen molar-refractivity contribution in [1.29, 1.82) is 0 Å². The highest BCUT2D eigenvalue weighted by atomic mass is 35.5. The van der Waals surface area contributed by atoms with Crippen molar-refractivity contribution in [3.05, 3.63) is 59.8 Å². The number of anilines is 1. The van der Waals surface area contributed by atoms with Crippen LogP contribution in [-0.2, 0) is 23.9 Å². The van der Waals surface area contributed by atoms with Crippen LogP contribution < -0.4 is 15.5 Å². The molecule has 0 spiro atoms. The average molecular weight is 696 g/mol. The number of rotatable bonds is 20. The first-order chi connectivity index (χ1) is 23.8. The van der Waals surface area contributed by atoms with Crippen LogP contribution in [0.2, 0.25) is 0 Å². The number of hydrogen-bond acceptors (Lipinski definition) is 8. The number of carbonyl (C=O) groups excluding carboxylic acids is 3. The number of aromatic amines is 1. The molecule has 1 aromatic heterocycles. The molecule has 0 radical (unpaired) electrons. The minimum absolute atomic E-state index is 0.0183. The molecule has 1 aromatic carbocycles. The summed E-state index contributed by atoms with van der Waals surface area (Å²) in [6, 6.07) is 7.73. The monoisotopic (exact) mass is 695 g/mol. The van der Waals surface area contributed by atoms with Crippen molar-refractivity contribution >= 4 is 53.0 Å². The highest BCUT2D eigenvalue weighted by Gasteiger charge is 2.32. The zero-order valence-corrected chi connectivity index (χ0v) is 29.4. The number of carbonyl (C=O) groups is 3. The SMILES string of the molecule is CN(C)c1ccc(/C=C2N=C(/C=C/c3cnc[nH]3)N(CC(=O)NC3CCC(C(=O)NCCOCCOCCCCCCCl)CC3)C/2=O)cc1. The Morgan fingerprint density at radius 3 is 2.43 bits per heavy atom. The highest BCUT2D eigenvalue weighted by molar-refractivity contribution is 6.19. The molecule has 13 heteroatoms. The molecule has 266 valence electrons. The number of aromatic nitrogens is 2. The molecule has 1 aliphatic carbocycles. The third-order valence-electron chi connectivity index (χ3n) is 8.47. The molecule has 0 unspecified atom stereocenters. The lowest BCUT2D eigenvalue weighted by Crippen LogP contribution is -2.46. The Hall–Kier alpha value is -4.00. The number of halogens is 1. The van der Waals surface area contributed by atoms with Gasteiger partial charge in [0, 0.05) is 50.8 Å². The fourth-order valence-corrected chi connectivity index (χ4v) is 5.87. The first-order valence-electron chi connectivity index (χ1n) is 17.2. The van der Waals surface area contributed by atoms with Gasteiger partial charge in [0.2, 0.25) is 11.8 Å². The van der Waals surface area contributed by atoms with Gasteiger partial charge < -0.3 is 30.0 Å². The van der Waals surface area contributed by atoms with Gasteiger partial charge in [-0.25, -0.2) is 9.98 Å². The summed E-state index contributed by atoms with van der Waals surface area (Å²) in [5.74, 6) is 0.393. The number of amides is 3. The fourth-order valence-electron chi connectivity index (χ4n) is 5.68. The zero-order chi connectivity index (χ0) is 34.8. The Bertz CT molecular complexity index is 1420. The van der Waals surface area contributed by atoms with Gasteiger partial charge in [0.1, 0.15) is 18.1 Å². The number of unbranched alkanes of at least 4 members (excludes halogenated alkanes) is 3. The molecule has 12 nitrogen and oxygen atoms in total. The number of nitrogens with zero attached hydrogens (tertiary/aromatic N) is 4. The van der Waals surface area contributed by atoms with Crippen LogP contribution in [0.1, 0.15) is 62.6 Å². The summed E-state index contributed by atoms with van der Waals surface area (Å²) in [4.78, 5) is 54.3. The zero-order valence-electron chi connectivity index (χ0n) is 28.7. The predicted molar refractivity (Wildman–Crippen MR) is 193 cm³/mol. The quantitative estimate of drug-likeness (QED) is 0.106. The van der Waals surface area contributed by atoms with Crippen molar-refractivity contribution in [2.24, 2.45) is 10.9 Å². The van der Waals surface area contributed by atoms with Crippen molar-refractivity contribution in [2.75, 3.05) is 64.4 Å². The standard InChI is InChI=1S/C36H50ClN7O5/c1-43(2)31-14-7-27(8-15-31)23-32-36(47)44(33(42-32)16-13-30-24-38-26-40-30)25-34(45)41-29-11-9-28(10-12-29)35(46)39-18-20-49-22-21-48-19-6-4-3-5-17-37/h7-8,13-16,23-24,26,28-29H,3-6,9-12,17-22,25H2,1-2H3,(H,38,40)(H,39,46)(H,41,45)/b16-13+,32-23+. The van der Waals surface area contributed by atoms with E-state index >= 15 is 0 Å². The number of nitrogens with one attached hydrogen (secondary N) is 3. The molecule has 2 heterocycles. The first kappa shape index (κ1) is 37.8. The van der Waals surface area contributed by atoms with Gasteiger partial charge in [-0.2, -0.15) is 0 Å². The van der Waals surface area contributed by atoms with Gasteiger partial charge in [-0.15, -0.1) is 11.6 Å². The molecule has 2 aliphatic rings. The van der Waals surface area contributed by atoms with E-state index in [0.717, 1.165) is 49.2 Å². The summed E-state index contributed by atoms with van der Waals surface area (Å²) in [5.41, 5.74) is 2.88. The van der Waals surface area contributed by atoms with Gasteiger partial charge in [-0.3, -0.25) is 19.3 Å². The van der Waals surface area contributed by atoms with Gasteiger partial charge in [-0.1, -0.05) is 25.0 Å². The maximum absolute atomic E-state index is 13.5. The maximum Gasteiger partial charge on any atom is 0.278 e. The van der Waals surface area contributed by atoms with Crippen LogP contribution in [0.3, 0.4) is 0 Å². The molecule has 49 heavy (non-hydrogen) atoms. The maximum atomic E-state index is 13.5. The van der Waals surface area contributed by atoms with E-state index in [-0.39, 0.29) is 41.9 Å². The minimum Gasteiger partial charge on any atom is -0.379 e. The largest absolute Gasteiger partial charge is 0.379 e. The number of benzene rings is 1. The average Bonchev–Trinajstić information content (AvgIpc) is 3.72. The van der Waals surface area contributed by atoms with E-state index in [1.807, 2.05) is 43.3 Å². The molecule has 0 atom stereocenters. The smallest absolute Gasteiger partial charge is 0.278 e. The Labute approximate surface area is 294 Å². The van der Waals surface area contributed by atoms with Crippen LogP contribution >= 0.6 is 11.6 Å². The molecule has 4 rings (SSSR count). The molecular formula is C36H50ClN7O5. The van der Waals surface area contributed by atoms with E-state index in [1.165, 1.54) is 4.90 Å². The van der Waals surface area contributed by atoms with Crippen molar-refractivity contribution in [3.8, 4) is 0 Å². The highest BCUT2D eigenvalue weighted by Crippen LogP contribution is 2.25. The fraction of sp³-hybridized carbons (Fsp3) is 0.528. The van der Waals surface area contributed by atoms with Crippen molar-refractivity contribution < 1.29 is 23.9 Å². The molecular weight excluding hydrogens is 646 g/mol. The number of aliphatic imine (C=N–C) groups is 1. The molecule has 3 amide bonds. The molecule has 3 N–H and O–H groups in total. The molecule has 1 aliphatic heterocycles. The summed E-state index contributed by atoms with van der Waals surface area (Å²) in [7, 11) is 3.93. The summed E-state index contributed by atoms with van der Waals surface area (Å²) < 4.78 is 11.1. The normalized spacial score (nSPS) is 18.7. The summed E-state index contributed by atoms with van der Waals surface area (Å²) >= 11 is 5.68. The van der Waals surface area contributed by atoms with Gasteiger partial charge >= 0.3 is 0 Å². The van der Waals surface area contributed by atoms with Crippen LogP contribution in [0.4, 0.5) is 5.69 Å². The van der Waals surface area contributed by atoms with Gasteiger partial charge in [0.05, 0.1) is 38.0 Å². The van der Waals surface area contributed by atoms with Crippen LogP contribution in [-0.4, -0.2) is 104 Å². The number of imidazole rings is 1. The summed E-state index contributed by atoms with van der Waals surface area (Å²) in [6.45, 7) is 2.50. The molecule has 0 bridgehead atoms. The Balaban J connectivity index is 1.19. The van der Waals surface area contributed by atoms with Crippen molar-refractivity contribution in [2.45, 2.75) is 57.4 Å². The lowest BCUT2D eigenvalue weighted by molar-refractivity contribution is -0.129. The van der Waals surface area contributed by atoms with Gasteiger partial charge in [0.25, 0.3) is 5.91 Å². The second-order valence-electron chi connectivity index (χ2n) is 12.5. The van der Waals surface area contributed by atoms with Crippen LogP contribution in [0.5, 0.6) is 0 Å². The second-order valence-corrected chi connectivity index (χ2v) is 12.8. The third kappa shape index (κ3) is 12.8. The predicted octanol–water partition coefficient (Wildman–Crippen LogP) is 4.39. The van der Waals surface area contributed by atoms with Crippen LogP contribution in [0.15, 0.2) is 53.6 Å². The molecule has 2 aromatic rings. The van der Waals surface area contributed by atoms with E-state index < -0.39 is 0 Å². The number of amidine groups is 1. The lowest BCUT2D eigenvalue weighted by Gasteiger charge is -2.29. The number of alkyl halides is 1. The van der Waals surface area contributed by atoms with E-state index in [2.05, 4.69) is 25.6 Å².